The van der Waals surface area contributed by atoms with Crippen LogP contribution in [-0.4, -0.2) is 45.6 Å². The molecule has 0 aliphatic rings. The Kier molecular flexibility index (Phi) is 4.37. The Hall–Kier alpha value is -2.23. The lowest BCUT2D eigenvalue weighted by Gasteiger charge is -2.20. The van der Waals surface area contributed by atoms with E-state index in [0.717, 1.165) is 18.0 Å². The van der Waals surface area contributed by atoms with E-state index >= 15 is 0 Å². The number of nitro groups is 1. The number of carboxylic acid groups (broad SMARTS) is 2. The summed E-state index contributed by atoms with van der Waals surface area (Å²) in [6.45, 7) is -1.57. The Labute approximate surface area is 134 Å². The molecule has 10 heteroatoms. The van der Waals surface area contributed by atoms with Crippen molar-refractivity contribution in [2.45, 2.75) is 26.2 Å². The molecule has 0 atom stereocenters. The first kappa shape index (κ1) is 13.4. The second-order valence-corrected chi connectivity index (χ2v) is 5.78. The van der Waals surface area contributed by atoms with Gasteiger partial charge in [-0.3, -0.25) is 19.7 Å². The number of hydrogen-bond acceptors (Lipinski definition) is 7. The van der Waals surface area contributed by atoms with Crippen LogP contribution in [0.2, 0.25) is 0 Å². The van der Waals surface area contributed by atoms with E-state index in [1.165, 1.54) is 0 Å². The number of rotatable bonds is 9. The van der Waals surface area contributed by atoms with Crippen molar-refractivity contribution in [1.82, 2.24) is 4.98 Å². The van der Waals surface area contributed by atoms with Crippen molar-refractivity contribution in [2.75, 3.05) is 18.4 Å². The van der Waals surface area contributed by atoms with Gasteiger partial charge in [-0.05, 0) is 37.5 Å². The third-order valence-electron chi connectivity index (χ3n) is 3.14. The van der Waals surface area contributed by atoms with E-state index < -0.39 is 29.3 Å². The molecule has 0 fully saturated rings. The Balaban J connectivity index is 2.77. The van der Waals surface area contributed by atoms with Gasteiger partial charge in [-0.25, -0.2) is 4.98 Å². The van der Waals surface area contributed by atoms with Crippen LogP contribution in [0.25, 0.3) is 0 Å². The standard InChI is InChI=1S/C12H17N3O6S/c1-12(9(16)17,10(18)19)5-3-4-6-14(2)11-13-7-8(22-11)15(20)21/h7H,3-6H2,1-2H3,(H,16,17)(H,18,19)/i2T3. The van der Waals surface area contributed by atoms with E-state index in [-0.39, 0.29) is 35.9 Å². The second kappa shape index (κ2) is 7.16. The van der Waals surface area contributed by atoms with Crippen LogP contribution in [0, 0.1) is 15.5 Å². The first-order valence-corrected chi connectivity index (χ1v) is 7.06. The number of unbranched alkanes of at least 4 members (excludes halogenated alkanes) is 1. The topological polar surface area (TPSA) is 134 Å². The molecular weight excluding hydrogens is 314 g/mol. The van der Waals surface area contributed by atoms with Gasteiger partial charge in [-0.2, -0.15) is 0 Å². The smallest absolute Gasteiger partial charge is 0.345 e. The number of nitrogens with zero attached hydrogens (tertiary/aromatic N) is 3. The zero-order chi connectivity index (χ0) is 19.4. The number of carboxylic acids is 2. The molecular formula is C12H17N3O6S. The number of hydrogen-bond donors (Lipinski definition) is 2. The minimum atomic E-state index is -2.59. The molecule has 1 heterocycles. The van der Waals surface area contributed by atoms with E-state index in [9.17, 15) is 19.7 Å². The van der Waals surface area contributed by atoms with Gasteiger partial charge >= 0.3 is 16.9 Å². The van der Waals surface area contributed by atoms with E-state index in [1.807, 2.05) is 0 Å². The minimum Gasteiger partial charge on any atom is -0.480 e. The number of aromatic nitrogens is 1. The van der Waals surface area contributed by atoms with Crippen LogP contribution in [-0.2, 0) is 9.59 Å². The maximum Gasteiger partial charge on any atom is 0.345 e. The summed E-state index contributed by atoms with van der Waals surface area (Å²) < 4.78 is 22.5. The normalized spacial score (nSPS) is 13.8. The lowest BCUT2D eigenvalue weighted by molar-refractivity contribution is -0.380. The molecule has 0 amide bonds. The summed E-state index contributed by atoms with van der Waals surface area (Å²) in [6.07, 6.45) is 1.12. The summed E-state index contributed by atoms with van der Waals surface area (Å²) in [5, 5.41) is 28.4. The summed E-state index contributed by atoms with van der Waals surface area (Å²) >= 11 is 0.617. The summed E-state index contributed by atoms with van der Waals surface area (Å²) in [5.41, 5.74) is -1.95. The van der Waals surface area contributed by atoms with Crippen molar-refractivity contribution in [3.8, 4) is 0 Å². The Morgan fingerprint density at radius 3 is 2.59 bits per heavy atom. The fraction of sp³-hybridized carbons (Fsp3) is 0.583. The number of aliphatic carboxylic acids is 2. The van der Waals surface area contributed by atoms with E-state index in [4.69, 9.17) is 14.3 Å². The molecule has 0 aromatic carbocycles. The largest absolute Gasteiger partial charge is 0.480 e. The fourth-order valence-corrected chi connectivity index (χ4v) is 2.29. The molecule has 1 rings (SSSR count). The lowest BCUT2D eigenvalue weighted by atomic mass is 9.85. The molecule has 0 saturated heterocycles. The van der Waals surface area contributed by atoms with Crippen molar-refractivity contribution in [2.24, 2.45) is 5.41 Å². The highest BCUT2D eigenvalue weighted by Gasteiger charge is 2.40. The molecule has 0 unspecified atom stereocenters. The van der Waals surface area contributed by atoms with Crippen molar-refractivity contribution in [3.63, 3.8) is 0 Å². The number of anilines is 1. The molecule has 122 valence electrons. The van der Waals surface area contributed by atoms with Gasteiger partial charge < -0.3 is 15.1 Å². The monoisotopic (exact) mass is 337 g/mol. The Morgan fingerprint density at radius 2 is 2.14 bits per heavy atom. The number of thiazole rings is 1. The van der Waals surface area contributed by atoms with Crippen molar-refractivity contribution in [3.05, 3.63) is 16.3 Å². The van der Waals surface area contributed by atoms with Gasteiger partial charge in [-0.1, -0.05) is 0 Å². The van der Waals surface area contributed by atoms with Crippen LogP contribution >= 0.6 is 11.3 Å². The third-order valence-corrected chi connectivity index (χ3v) is 4.12. The number of carbonyl (C=O) groups is 2. The maximum absolute atomic E-state index is 11.1. The van der Waals surface area contributed by atoms with Crippen LogP contribution in [0.15, 0.2) is 6.20 Å². The van der Waals surface area contributed by atoms with Gasteiger partial charge in [0.05, 0.1) is 4.92 Å². The van der Waals surface area contributed by atoms with Crippen LogP contribution in [0.1, 0.15) is 30.3 Å². The third kappa shape index (κ3) is 4.13. The van der Waals surface area contributed by atoms with Gasteiger partial charge in [0.25, 0.3) is 0 Å². The molecule has 2 N–H and O–H groups in total. The van der Waals surface area contributed by atoms with Crippen LogP contribution in [0.3, 0.4) is 0 Å². The van der Waals surface area contributed by atoms with Gasteiger partial charge in [0.1, 0.15) is 6.20 Å². The molecule has 0 spiro atoms. The quantitative estimate of drug-likeness (QED) is 0.302. The highest BCUT2D eigenvalue weighted by molar-refractivity contribution is 7.18. The zero-order valence-electron chi connectivity index (χ0n) is 14.7. The molecule has 0 aliphatic heterocycles. The first-order chi connectivity index (χ1) is 11.4. The van der Waals surface area contributed by atoms with Crippen LogP contribution < -0.4 is 4.90 Å². The van der Waals surface area contributed by atoms with Gasteiger partial charge in [0.15, 0.2) is 10.5 Å². The summed E-state index contributed by atoms with van der Waals surface area (Å²) in [5.74, 6) is -2.94. The maximum atomic E-state index is 11.1. The average molecular weight is 337 g/mol. The van der Waals surface area contributed by atoms with Gasteiger partial charge in [-0.15, -0.1) is 0 Å². The Bertz CT molecular complexity index is 649. The molecule has 0 bridgehead atoms. The first-order valence-electron chi connectivity index (χ1n) is 7.74. The van der Waals surface area contributed by atoms with Gasteiger partial charge in [0, 0.05) is 17.6 Å². The summed E-state index contributed by atoms with van der Waals surface area (Å²) in [4.78, 5) is 36.8. The van der Waals surface area contributed by atoms with Crippen molar-refractivity contribution < 1.29 is 28.8 Å². The lowest BCUT2D eigenvalue weighted by Crippen LogP contribution is -2.36. The Morgan fingerprint density at radius 1 is 1.50 bits per heavy atom. The highest BCUT2D eigenvalue weighted by atomic mass is 32.1. The molecule has 22 heavy (non-hydrogen) atoms. The zero-order valence-corrected chi connectivity index (χ0v) is 12.5. The van der Waals surface area contributed by atoms with E-state index in [2.05, 4.69) is 4.98 Å². The highest BCUT2D eigenvalue weighted by Crippen LogP contribution is 2.28. The molecule has 9 nitrogen and oxygen atoms in total. The molecule has 1 aromatic heterocycles. The van der Waals surface area contributed by atoms with Crippen LogP contribution in [0.4, 0.5) is 10.1 Å². The predicted octanol–water partition coefficient (Wildman–Crippen LogP) is 1.83. The molecule has 0 aliphatic carbocycles. The molecule has 0 radical (unpaired) electrons. The molecule has 0 saturated carbocycles. The van der Waals surface area contributed by atoms with Crippen molar-refractivity contribution >= 4 is 33.4 Å². The fourth-order valence-electron chi connectivity index (χ4n) is 1.62. The summed E-state index contributed by atoms with van der Waals surface area (Å²) in [7, 11) is 0. The SMILES string of the molecule is [3H]C([3H])([3H])N(CCCCC(C)(C(=O)O)C(=O)O)c1ncc([N+](=O)[O-])s1. The minimum absolute atomic E-state index is 0.0501. The van der Waals surface area contributed by atoms with E-state index in [1.54, 1.807) is 0 Å². The summed E-state index contributed by atoms with van der Waals surface area (Å²) in [6, 6.07) is 0. The predicted molar refractivity (Wildman–Crippen MR) is 79.3 cm³/mol. The van der Waals surface area contributed by atoms with E-state index in [0.29, 0.717) is 11.3 Å². The van der Waals surface area contributed by atoms with Crippen LogP contribution in [0.5, 0.6) is 0 Å². The second-order valence-electron chi connectivity index (χ2n) is 4.79. The molecule has 1 aromatic rings. The van der Waals surface area contributed by atoms with Gasteiger partial charge in [0.2, 0.25) is 0 Å². The average Bonchev–Trinajstić information content (AvgIpc) is 2.94. The van der Waals surface area contributed by atoms with Crippen molar-refractivity contribution in [1.29, 1.82) is 0 Å².